The molecular formula is C100H84N3O2Pt-. The second kappa shape index (κ2) is 27.0. The molecule has 522 valence electrons. The third-order valence-electron chi connectivity index (χ3n) is 21.6. The summed E-state index contributed by atoms with van der Waals surface area (Å²) in [5.41, 5.74) is 36.7. The Morgan fingerprint density at radius 1 is 0.396 bits per heavy atom. The van der Waals surface area contributed by atoms with Crippen molar-refractivity contribution in [2.75, 3.05) is 0 Å². The number of hydrogen-bond acceptors (Lipinski definition) is 4. The van der Waals surface area contributed by atoms with Crippen LogP contribution in [-0.2, 0) is 44.7 Å². The van der Waals surface area contributed by atoms with Crippen molar-refractivity contribution in [3.8, 4) is 134 Å². The molecule has 1 aliphatic rings. The van der Waals surface area contributed by atoms with Crippen LogP contribution in [0.2, 0.25) is 0 Å². The molecule has 13 aromatic carbocycles. The number of benzene rings is 13. The number of aromatic hydroxyl groups is 1. The minimum atomic E-state index is -0.216. The normalized spacial score (nSPS) is 12.2. The Labute approximate surface area is 637 Å². The van der Waals surface area contributed by atoms with Crippen LogP contribution in [0.1, 0.15) is 97.2 Å². The SMILES string of the molecule is Cc1cc(C)cc(-c2cccc(-c3cc(C)cc(C)c3)c2-c2[c-]c(-c3c(-c4c(-c5cc(-c6ccccc6)cc(C(C)(C)C)c5)cccc4-c4cc(-c5ccccc5)cc(C(C)(C)C)c4)ccc4c3nc(-c3ccc5c(n3)-c3c(O)cccc3CC5)n4-c3c(C)cccc3C)cc3oc4ccccc4c23)c1.[Pt]. The van der Waals surface area contributed by atoms with Crippen LogP contribution < -0.4 is 0 Å². The number of aryl methyl sites for hydroxylation is 8. The minimum absolute atomic E-state index is 0. The van der Waals surface area contributed by atoms with Gasteiger partial charge in [0.25, 0.3) is 0 Å². The van der Waals surface area contributed by atoms with Gasteiger partial charge in [0.2, 0.25) is 0 Å². The fourth-order valence-electron chi connectivity index (χ4n) is 16.6. The van der Waals surface area contributed by atoms with E-state index in [-0.39, 0.29) is 37.6 Å². The molecule has 0 spiro atoms. The van der Waals surface area contributed by atoms with Crippen LogP contribution >= 0.6 is 0 Å². The van der Waals surface area contributed by atoms with Crippen molar-refractivity contribution in [2.45, 2.75) is 107 Å². The molecule has 0 saturated carbocycles. The summed E-state index contributed by atoms with van der Waals surface area (Å²) in [5.74, 6) is 0.903. The van der Waals surface area contributed by atoms with Crippen LogP contribution in [-0.4, -0.2) is 19.6 Å². The van der Waals surface area contributed by atoms with Gasteiger partial charge in [-0.25, -0.2) is 9.97 Å². The summed E-state index contributed by atoms with van der Waals surface area (Å²) in [5, 5.41) is 13.8. The number of imidazole rings is 1. The molecule has 0 saturated heterocycles. The van der Waals surface area contributed by atoms with Gasteiger partial charge in [-0.3, -0.25) is 4.57 Å². The van der Waals surface area contributed by atoms with Gasteiger partial charge >= 0.3 is 0 Å². The van der Waals surface area contributed by atoms with Crippen molar-refractivity contribution in [1.29, 1.82) is 0 Å². The van der Waals surface area contributed by atoms with E-state index in [2.05, 4.69) is 342 Å². The molecule has 0 amide bonds. The van der Waals surface area contributed by atoms with E-state index in [4.69, 9.17) is 14.4 Å². The molecule has 0 unspecified atom stereocenters. The number of hydrogen-bond donors (Lipinski definition) is 1. The zero-order valence-electron chi connectivity index (χ0n) is 62.3. The number of rotatable bonds is 11. The Balaban J connectivity index is 0.00000861. The number of para-hydroxylation sites is 2. The average molecular weight is 1550 g/mol. The summed E-state index contributed by atoms with van der Waals surface area (Å²) in [6, 6.07) is 100. The molecule has 106 heavy (non-hydrogen) atoms. The summed E-state index contributed by atoms with van der Waals surface area (Å²) in [7, 11) is 0. The second-order valence-corrected chi connectivity index (χ2v) is 31.3. The van der Waals surface area contributed by atoms with Crippen molar-refractivity contribution < 1.29 is 30.6 Å². The second-order valence-electron chi connectivity index (χ2n) is 31.3. The molecule has 0 fully saturated rings. The zero-order chi connectivity index (χ0) is 72.3. The molecule has 0 aliphatic heterocycles. The number of phenolic OH excluding ortho intramolecular Hbond substituents is 1. The van der Waals surface area contributed by atoms with Crippen LogP contribution in [0.3, 0.4) is 0 Å². The fraction of sp³-hybridized carbons (Fsp3) is 0.160. The van der Waals surface area contributed by atoms with Crippen molar-refractivity contribution in [3.05, 3.63) is 323 Å². The van der Waals surface area contributed by atoms with Gasteiger partial charge < -0.3 is 9.52 Å². The van der Waals surface area contributed by atoms with Crippen molar-refractivity contribution in [2.24, 2.45) is 0 Å². The first-order chi connectivity index (χ1) is 50.7. The Kier molecular flexibility index (Phi) is 17.6. The van der Waals surface area contributed by atoms with E-state index < -0.39 is 0 Å². The fourth-order valence-corrected chi connectivity index (χ4v) is 16.6. The Hall–Kier alpha value is -11.2. The number of fused-ring (bicyclic) bond motifs is 7. The molecule has 17 rings (SSSR count). The summed E-state index contributed by atoms with van der Waals surface area (Å²) >= 11 is 0. The van der Waals surface area contributed by atoms with Crippen molar-refractivity contribution in [1.82, 2.24) is 14.5 Å². The molecule has 3 heterocycles. The molecule has 3 aromatic heterocycles. The predicted molar refractivity (Wildman–Crippen MR) is 440 cm³/mol. The van der Waals surface area contributed by atoms with Crippen LogP contribution in [0.25, 0.3) is 162 Å². The number of pyridine rings is 1. The molecule has 1 N–H and O–H groups in total. The molecule has 1 aliphatic carbocycles. The molecule has 6 heteroatoms. The van der Waals surface area contributed by atoms with Crippen molar-refractivity contribution >= 4 is 33.0 Å². The number of phenols is 1. The molecule has 16 aromatic rings. The minimum Gasteiger partial charge on any atom is -0.507 e. The maximum absolute atomic E-state index is 11.8. The summed E-state index contributed by atoms with van der Waals surface area (Å²) in [6.07, 6.45) is 1.62. The first kappa shape index (κ1) is 69.2. The van der Waals surface area contributed by atoms with Gasteiger partial charge in [0, 0.05) is 26.6 Å². The zero-order valence-corrected chi connectivity index (χ0v) is 64.5. The monoisotopic (exact) mass is 1550 g/mol. The smallest absolute Gasteiger partial charge is 0.163 e. The Morgan fingerprint density at radius 2 is 0.896 bits per heavy atom. The summed E-state index contributed by atoms with van der Waals surface area (Å²) in [4.78, 5) is 11.9. The number of aromatic nitrogens is 3. The summed E-state index contributed by atoms with van der Waals surface area (Å²) in [6.45, 7) is 27.1. The van der Waals surface area contributed by atoms with Crippen LogP contribution in [0.15, 0.2) is 265 Å². The molecule has 0 radical (unpaired) electrons. The first-order valence-corrected chi connectivity index (χ1v) is 36.9. The van der Waals surface area contributed by atoms with Gasteiger partial charge in [-0.2, -0.15) is 0 Å². The van der Waals surface area contributed by atoms with E-state index in [1.165, 1.54) is 33.4 Å². The predicted octanol–water partition coefficient (Wildman–Crippen LogP) is 26.7. The Morgan fingerprint density at radius 3 is 1.46 bits per heavy atom. The van der Waals surface area contributed by atoms with Gasteiger partial charge in [-0.05, 0) is 229 Å². The molecule has 0 atom stereocenters. The Bertz CT molecular complexity index is 5940. The maximum atomic E-state index is 11.8. The van der Waals surface area contributed by atoms with Crippen molar-refractivity contribution in [3.63, 3.8) is 0 Å². The van der Waals surface area contributed by atoms with Gasteiger partial charge in [0.15, 0.2) is 5.82 Å². The molecular weight excluding hydrogens is 1470 g/mol. The van der Waals surface area contributed by atoms with E-state index in [9.17, 15) is 5.11 Å². The largest absolute Gasteiger partial charge is 0.507 e. The number of nitrogens with zero attached hydrogens (tertiary/aromatic N) is 3. The quantitative estimate of drug-likeness (QED) is 0.131. The van der Waals surface area contributed by atoms with E-state index >= 15 is 0 Å². The molecule has 5 nitrogen and oxygen atoms in total. The average Bonchev–Trinajstić information content (AvgIpc) is 1.41. The van der Waals surface area contributed by atoms with Gasteiger partial charge in [-0.15, -0.1) is 17.2 Å². The topological polar surface area (TPSA) is 64.1 Å². The van der Waals surface area contributed by atoms with E-state index in [1.54, 1.807) is 6.07 Å². The van der Waals surface area contributed by atoms with E-state index in [0.717, 1.165) is 185 Å². The third kappa shape index (κ3) is 12.4. The van der Waals surface area contributed by atoms with Crippen LogP contribution in [0, 0.1) is 47.6 Å². The van der Waals surface area contributed by atoms with E-state index in [1.807, 2.05) is 6.07 Å². The standard InChI is InChI=1S/C100H84N3O2.Pt/c1-59-45-60(2)48-71(47-59)78-33-23-34-79(72-49-61(3)46-62(4)50-72)93(78)84-57-75(58-89-94(84)82-32-19-20-38-88(82)105-89)90-83(42-44-86-96(90)102-98(103(86)97-63(5)25-21-26-64(97)6)85-43-41-68-40-39-67-31-22-37-87(104)91(67)95(68)101-85)92-80(73-51-69(65-27-15-13-16-28-65)53-76(55-73)99(7,8)9)35-24-36-81(92)74-52-70(66-29-17-14-18-30-66)54-77(56-74)100(10,11)12;/h13-38,41-56,58,104H,39-40H2,1-12H3;/q-1;. The van der Waals surface area contributed by atoms with Gasteiger partial charge in [0.1, 0.15) is 17.0 Å². The third-order valence-corrected chi connectivity index (χ3v) is 21.6. The maximum Gasteiger partial charge on any atom is 0.163 e. The molecule has 0 bridgehead atoms. The van der Waals surface area contributed by atoms with Crippen LogP contribution in [0.5, 0.6) is 5.75 Å². The van der Waals surface area contributed by atoms with Gasteiger partial charge in [0.05, 0.1) is 28.0 Å². The number of furan rings is 1. The summed E-state index contributed by atoms with van der Waals surface area (Å²) < 4.78 is 9.76. The van der Waals surface area contributed by atoms with E-state index in [0.29, 0.717) is 11.5 Å². The van der Waals surface area contributed by atoms with Gasteiger partial charge in [-0.1, -0.05) is 294 Å². The van der Waals surface area contributed by atoms with Crippen LogP contribution in [0.4, 0.5) is 0 Å². The first-order valence-electron chi connectivity index (χ1n) is 36.9.